The normalized spacial score (nSPS) is 16.6. The number of nitrogens with zero attached hydrogens (tertiary/aromatic N) is 5. The van der Waals surface area contributed by atoms with Gasteiger partial charge in [-0.05, 0) is 36.1 Å². The minimum Gasteiger partial charge on any atom is -0.356 e. The SMILES string of the molecule is O=C(c1ccc(CSc2nc(Cl)cc(N3CCCC3)n2)cc1)N1CCN(C/C=C/c2ccccc2)CC1. The first kappa shape index (κ1) is 25.8. The van der Waals surface area contributed by atoms with Gasteiger partial charge in [-0.2, -0.15) is 0 Å². The van der Waals surface area contributed by atoms with Gasteiger partial charge >= 0.3 is 0 Å². The molecule has 0 spiro atoms. The molecular formula is C29H32ClN5OS. The Hall–Kier alpha value is -2.87. The van der Waals surface area contributed by atoms with Gasteiger partial charge in [-0.25, -0.2) is 9.97 Å². The number of benzene rings is 2. The zero-order valence-corrected chi connectivity index (χ0v) is 22.5. The summed E-state index contributed by atoms with van der Waals surface area (Å²) in [5.74, 6) is 1.74. The monoisotopic (exact) mass is 533 g/mol. The van der Waals surface area contributed by atoms with Crippen LogP contribution < -0.4 is 4.90 Å². The van der Waals surface area contributed by atoms with Crippen LogP contribution in [-0.4, -0.2) is 71.5 Å². The van der Waals surface area contributed by atoms with Gasteiger partial charge in [-0.3, -0.25) is 9.69 Å². The van der Waals surface area contributed by atoms with Crippen molar-refractivity contribution in [3.63, 3.8) is 0 Å². The van der Waals surface area contributed by atoms with Crippen LogP contribution in [0, 0.1) is 0 Å². The van der Waals surface area contributed by atoms with Crippen molar-refractivity contribution in [2.24, 2.45) is 0 Å². The molecule has 192 valence electrons. The summed E-state index contributed by atoms with van der Waals surface area (Å²) >= 11 is 7.83. The van der Waals surface area contributed by atoms with Crippen molar-refractivity contribution in [3.05, 3.63) is 88.6 Å². The topological polar surface area (TPSA) is 52.6 Å². The van der Waals surface area contributed by atoms with Crippen LogP contribution in [0.1, 0.15) is 34.3 Å². The molecule has 8 heteroatoms. The van der Waals surface area contributed by atoms with Crippen molar-refractivity contribution < 1.29 is 4.79 Å². The summed E-state index contributed by atoms with van der Waals surface area (Å²) in [4.78, 5) is 28.7. The Morgan fingerprint density at radius 3 is 2.38 bits per heavy atom. The summed E-state index contributed by atoms with van der Waals surface area (Å²) in [6.07, 6.45) is 6.74. The number of aromatic nitrogens is 2. The first-order chi connectivity index (χ1) is 18.1. The number of rotatable bonds is 8. The van der Waals surface area contributed by atoms with E-state index in [-0.39, 0.29) is 5.91 Å². The lowest BCUT2D eigenvalue weighted by Crippen LogP contribution is -2.48. The molecule has 5 rings (SSSR count). The highest BCUT2D eigenvalue weighted by atomic mass is 35.5. The Balaban J connectivity index is 1.09. The van der Waals surface area contributed by atoms with Gasteiger partial charge < -0.3 is 9.80 Å². The second kappa shape index (κ2) is 12.6. The molecule has 6 nitrogen and oxygen atoms in total. The fourth-order valence-electron chi connectivity index (χ4n) is 4.67. The zero-order chi connectivity index (χ0) is 25.5. The van der Waals surface area contributed by atoms with Crippen molar-refractivity contribution in [2.75, 3.05) is 50.7 Å². The number of amides is 1. The lowest BCUT2D eigenvalue weighted by atomic mass is 10.1. The number of carbonyl (C=O) groups is 1. The van der Waals surface area contributed by atoms with E-state index in [1.807, 2.05) is 53.4 Å². The van der Waals surface area contributed by atoms with Gasteiger partial charge in [0, 0.05) is 63.2 Å². The first-order valence-corrected chi connectivity index (χ1v) is 14.2. The Morgan fingerprint density at radius 1 is 0.919 bits per heavy atom. The fourth-order valence-corrected chi connectivity index (χ4v) is 5.70. The van der Waals surface area contributed by atoms with Crippen molar-refractivity contribution >= 4 is 41.2 Å². The molecule has 2 aliphatic rings. The lowest BCUT2D eigenvalue weighted by molar-refractivity contribution is 0.0650. The number of piperazine rings is 1. The highest BCUT2D eigenvalue weighted by molar-refractivity contribution is 7.98. The number of anilines is 1. The number of hydrogen-bond acceptors (Lipinski definition) is 6. The smallest absolute Gasteiger partial charge is 0.253 e. The highest BCUT2D eigenvalue weighted by Gasteiger charge is 2.21. The first-order valence-electron chi connectivity index (χ1n) is 12.9. The van der Waals surface area contributed by atoms with Crippen molar-refractivity contribution in [1.29, 1.82) is 0 Å². The Labute approximate surface area is 228 Å². The molecule has 0 atom stereocenters. The Kier molecular flexibility index (Phi) is 8.76. The maximum absolute atomic E-state index is 13.0. The summed E-state index contributed by atoms with van der Waals surface area (Å²) < 4.78 is 0. The predicted octanol–water partition coefficient (Wildman–Crippen LogP) is 5.49. The lowest BCUT2D eigenvalue weighted by Gasteiger charge is -2.34. The van der Waals surface area contributed by atoms with E-state index in [9.17, 15) is 4.79 Å². The minimum absolute atomic E-state index is 0.104. The molecule has 0 saturated carbocycles. The summed E-state index contributed by atoms with van der Waals surface area (Å²) in [6.45, 7) is 6.22. The largest absolute Gasteiger partial charge is 0.356 e. The van der Waals surface area contributed by atoms with E-state index in [4.69, 9.17) is 16.6 Å². The average Bonchev–Trinajstić information content (AvgIpc) is 3.48. The summed E-state index contributed by atoms with van der Waals surface area (Å²) in [7, 11) is 0. The van der Waals surface area contributed by atoms with Crippen LogP contribution in [0.4, 0.5) is 5.82 Å². The molecule has 2 aliphatic heterocycles. The third-order valence-corrected chi connectivity index (χ3v) is 7.90. The van der Waals surface area contributed by atoms with Crippen LogP contribution in [0.5, 0.6) is 0 Å². The molecule has 0 N–H and O–H groups in total. The van der Waals surface area contributed by atoms with Gasteiger partial charge in [-0.15, -0.1) is 0 Å². The molecule has 0 radical (unpaired) electrons. The Bertz CT molecular complexity index is 1210. The molecule has 37 heavy (non-hydrogen) atoms. The van der Waals surface area contributed by atoms with E-state index in [0.29, 0.717) is 10.3 Å². The van der Waals surface area contributed by atoms with E-state index in [2.05, 4.69) is 39.1 Å². The van der Waals surface area contributed by atoms with Crippen molar-refractivity contribution in [2.45, 2.75) is 23.8 Å². The van der Waals surface area contributed by atoms with Gasteiger partial charge in [0.25, 0.3) is 5.91 Å². The average molecular weight is 534 g/mol. The molecular weight excluding hydrogens is 502 g/mol. The van der Waals surface area contributed by atoms with Crippen molar-refractivity contribution in [3.8, 4) is 0 Å². The molecule has 2 saturated heterocycles. The molecule has 1 amide bonds. The van der Waals surface area contributed by atoms with E-state index < -0.39 is 0 Å². The van der Waals surface area contributed by atoms with E-state index in [1.165, 1.54) is 18.4 Å². The molecule has 2 aromatic carbocycles. The van der Waals surface area contributed by atoms with Gasteiger partial charge in [0.05, 0.1) is 0 Å². The third kappa shape index (κ3) is 7.12. The van der Waals surface area contributed by atoms with E-state index in [1.54, 1.807) is 11.8 Å². The van der Waals surface area contributed by atoms with Gasteiger partial charge in [0.2, 0.25) is 0 Å². The van der Waals surface area contributed by atoms with Crippen LogP contribution in [-0.2, 0) is 5.75 Å². The van der Waals surface area contributed by atoms with Gasteiger partial charge in [0.1, 0.15) is 11.0 Å². The molecule has 0 unspecified atom stereocenters. The molecule has 3 heterocycles. The molecule has 1 aromatic heterocycles. The summed E-state index contributed by atoms with van der Waals surface area (Å²) in [5, 5.41) is 1.17. The molecule has 2 fully saturated rings. The maximum atomic E-state index is 13.0. The second-order valence-electron chi connectivity index (χ2n) is 9.42. The fraction of sp³-hybridized carbons (Fsp3) is 0.345. The highest BCUT2D eigenvalue weighted by Crippen LogP contribution is 2.26. The van der Waals surface area contributed by atoms with Crippen LogP contribution in [0.25, 0.3) is 6.08 Å². The van der Waals surface area contributed by atoms with Crippen LogP contribution in [0.3, 0.4) is 0 Å². The summed E-state index contributed by atoms with van der Waals surface area (Å²) in [6, 6.07) is 20.1. The second-order valence-corrected chi connectivity index (χ2v) is 10.7. The maximum Gasteiger partial charge on any atom is 0.253 e. The number of halogens is 1. The van der Waals surface area contributed by atoms with Crippen LogP contribution >= 0.6 is 23.4 Å². The van der Waals surface area contributed by atoms with E-state index in [0.717, 1.165) is 68.5 Å². The molecule has 0 bridgehead atoms. The quantitative estimate of drug-likeness (QED) is 0.217. The standard InChI is InChI=1S/C29H32ClN5OS/c30-26-21-27(34-15-4-5-16-34)32-29(31-26)37-22-24-10-12-25(13-11-24)28(36)35-19-17-33(18-20-35)14-6-9-23-7-2-1-3-8-23/h1-3,6-13,21H,4-5,14-20,22H2/b9-6+. The number of hydrogen-bond donors (Lipinski definition) is 0. The van der Waals surface area contributed by atoms with Gasteiger partial charge in [-0.1, -0.05) is 78.0 Å². The Morgan fingerprint density at radius 2 is 1.65 bits per heavy atom. The summed E-state index contributed by atoms with van der Waals surface area (Å²) in [5.41, 5.74) is 3.08. The van der Waals surface area contributed by atoms with Gasteiger partial charge in [0.15, 0.2) is 5.16 Å². The van der Waals surface area contributed by atoms with E-state index >= 15 is 0 Å². The number of carbonyl (C=O) groups excluding carboxylic acids is 1. The van der Waals surface area contributed by atoms with Crippen LogP contribution in [0.2, 0.25) is 5.15 Å². The molecule has 3 aromatic rings. The van der Waals surface area contributed by atoms with Crippen LogP contribution in [0.15, 0.2) is 71.9 Å². The molecule has 0 aliphatic carbocycles. The van der Waals surface area contributed by atoms with Crippen molar-refractivity contribution in [1.82, 2.24) is 19.8 Å². The third-order valence-electron chi connectivity index (χ3n) is 6.79. The number of thioether (sulfide) groups is 1. The minimum atomic E-state index is 0.104. The predicted molar refractivity (Wildman–Crippen MR) is 152 cm³/mol. The zero-order valence-electron chi connectivity index (χ0n) is 20.9.